The highest BCUT2D eigenvalue weighted by atomic mass is 16.6. The predicted molar refractivity (Wildman–Crippen MR) is 145 cm³/mol. The SMILES string of the molecule is CC.COc1cc2c(CNC(=O)OC(C)(C)C)cnc(C(=O)c3cccc(OC(C)C)c3)c2cc1OC. The number of carbonyl (C=O) groups is 2. The van der Waals surface area contributed by atoms with Crippen molar-refractivity contribution in [3.05, 3.63) is 59.4 Å². The van der Waals surface area contributed by atoms with Gasteiger partial charge in [-0.1, -0.05) is 26.0 Å². The summed E-state index contributed by atoms with van der Waals surface area (Å²) >= 11 is 0. The summed E-state index contributed by atoms with van der Waals surface area (Å²) < 4.78 is 22.0. The van der Waals surface area contributed by atoms with Crippen LogP contribution in [0.25, 0.3) is 10.8 Å². The summed E-state index contributed by atoms with van der Waals surface area (Å²) in [5.74, 6) is 1.30. The molecule has 1 amide bonds. The lowest BCUT2D eigenvalue weighted by molar-refractivity contribution is 0.0523. The standard InChI is InChI=1S/C27H32N2O6.C2H6/c1-16(2)34-19-10-8-9-17(11-19)25(30)24-21-13-23(33-7)22(32-6)12-20(21)18(14-28-24)15-29-26(31)35-27(3,4)5;1-2/h8-14,16H,15H2,1-7H3,(H,29,31);1-2H3. The number of ether oxygens (including phenoxy) is 4. The van der Waals surface area contributed by atoms with Crippen molar-refractivity contribution in [3.8, 4) is 17.2 Å². The second kappa shape index (κ2) is 12.9. The first-order chi connectivity index (χ1) is 17.5. The van der Waals surface area contributed by atoms with Crippen LogP contribution >= 0.6 is 0 Å². The zero-order valence-electron chi connectivity index (χ0n) is 23.2. The van der Waals surface area contributed by atoms with Crippen LogP contribution < -0.4 is 19.5 Å². The Bertz CT molecular complexity index is 1230. The number of pyridine rings is 1. The van der Waals surface area contributed by atoms with E-state index in [0.29, 0.717) is 39.1 Å². The molecular weight excluding hydrogens is 472 g/mol. The number of benzene rings is 2. The van der Waals surface area contributed by atoms with E-state index >= 15 is 0 Å². The first kappa shape index (κ1) is 29.4. The average molecular weight is 511 g/mol. The van der Waals surface area contributed by atoms with Gasteiger partial charge >= 0.3 is 6.09 Å². The number of methoxy groups -OCH3 is 2. The Morgan fingerprint density at radius 3 is 2.16 bits per heavy atom. The number of hydrogen-bond donors (Lipinski definition) is 1. The molecule has 0 aliphatic carbocycles. The van der Waals surface area contributed by atoms with E-state index < -0.39 is 11.7 Å². The Hall–Kier alpha value is -3.81. The van der Waals surface area contributed by atoms with Gasteiger partial charge < -0.3 is 24.3 Å². The summed E-state index contributed by atoms with van der Waals surface area (Å²) in [6.07, 6.45) is 1.01. The lowest BCUT2D eigenvalue weighted by Gasteiger charge is -2.20. The van der Waals surface area contributed by atoms with Crippen molar-refractivity contribution < 1.29 is 28.5 Å². The molecule has 8 heteroatoms. The van der Waals surface area contributed by atoms with E-state index in [0.717, 1.165) is 0 Å². The Morgan fingerprint density at radius 1 is 0.973 bits per heavy atom. The van der Waals surface area contributed by atoms with Gasteiger partial charge in [-0.05, 0) is 69.8 Å². The van der Waals surface area contributed by atoms with Crippen molar-refractivity contribution >= 4 is 22.6 Å². The Labute approximate surface area is 219 Å². The third-order valence-electron chi connectivity index (χ3n) is 4.98. The van der Waals surface area contributed by atoms with Gasteiger partial charge in [0.25, 0.3) is 0 Å². The van der Waals surface area contributed by atoms with Crippen LogP contribution in [-0.4, -0.2) is 42.8 Å². The number of nitrogens with one attached hydrogen (secondary N) is 1. The molecule has 0 bridgehead atoms. The molecule has 0 fully saturated rings. The molecule has 0 aliphatic heterocycles. The molecule has 1 aromatic heterocycles. The summed E-state index contributed by atoms with van der Waals surface area (Å²) in [6, 6.07) is 10.5. The fourth-order valence-corrected chi connectivity index (χ4v) is 3.55. The van der Waals surface area contributed by atoms with E-state index in [1.54, 1.807) is 57.3 Å². The number of nitrogens with zero attached hydrogens (tertiary/aromatic N) is 1. The highest BCUT2D eigenvalue weighted by Gasteiger charge is 2.21. The number of carbonyl (C=O) groups excluding carboxylic acids is 2. The maximum Gasteiger partial charge on any atom is 0.407 e. The van der Waals surface area contributed by atoms with Crippen LogP contribution in [0.4, 0.5) is 4.79 Å². The van der Waals surface area contributed by atoms with Crippen LogP contribution in [0.5, 0.6) is 17.2 Å². The van der Waals surface area contributed by atoms with E-state index in [-0.39, 0.29) is 24.1 Å². The second-order valence-electron chi connectivity index (χ2n) is 9.26. The summed E-state index contributed by atoms with van der Waals surface area (Å²) in [5.41, 5.74) is 0.778. The topological polar surface area (TPSA) is 96.0 Å². The maximum absolute atomic E-state index is 13.5. The molecule has 0 radical (unpaired) electrons. The average Bonchev–Trinajstić information content (AvgIpc) is 2.85. The van der Waals surface area contributed by atoms with Crippen molar-refractivity contribution in [1.82, 2.24) is 10.3 Å². The summed E-state index contributed by atoms with van der Waals surface area (Å²) in [5, 5.41) is 4.02. The van der Waals surface area contributed by atoms with Crippen LogP contribution in [0, 0.1) is 0 Å². The van der Waals surface area contributed by atoms with E-state index in [2.05, 4.69) is 10.3 Å². The molecule has 3 rings (SSSR count). The van der Waals surface area contributed by atoms with Gasteiger partial charge in [-0.2, -0.15) is 0 Å². The van der Waals surface area contributed by atoms with Crippen molar-refractivity contribution in [2.75, 3.05) is 14.2 Å². The Morgan fingerprint density at radius 2 is 1.59 bits per heavy atom. The minimum Gasteiger partial charge on any atom is -0.493 e. The van der Waals surface area contributed by atoms with Gasteiger partial charge in [0, 0.05) is 23.7 Å². The summed E-state index contributed by atoms with van der Waals surface area (Å²) in [4.78, 5) is 30.2. The van der Waals surface area contributed by atoms with Crippen LogP contribution in [0.15, 0.2) is 42.6 Å². The maximum atomic E-state index is 13.5. The number of hydrogen-bond acceptors (Lipinski definition) is 7. The number of rotatable bonds is 8. The first-order valence-corrected chi connectivity index (χ1v) is 12.3. The van der Waals surface area contributed by atoms with Gasteiger partial charge in [0.2, 0.25) is 5.78 Å². The lowest BCUT2D eigenvalue weighted by atomic mass is 9.99. The first-order valence-electron chi connectivity index (χ1n) is 12.3. The summed E-state index contributed by atoms with van der Waals surface area (Å²) in [6.45, 7) is 13.4. The van der Waals surface area contributed by atoms with E-state index in [4.69, 9.17) is 18.9 Å². The molecule has 0 spiro atoms. The van der Waals surface area contributed by atoms with Gasteiger partial charge in [0.15, 0.2) is 11.5 Å². The van der Waals surface area contributed by atoms with E-state index in [9.17, 15) is 9.59 Å². The fourth-order valence-electron chi connectivity index (χ4n) is 3.55. The molecule has 3 aromatic rings. The van der Waals surface area contributed by atoms with Crippen molar-refractivity contribution in [2.45, 2.75) is 66.7 Å². The monoisotopic (exact) mass is 510 g/mol. The predicted octanol–water partition coefficient (Wildman–Crippen LogP) is 6.32. The van der Waals surface area contributed by atoms with E-state index in [1.807, 2.05) is 33.8 Å². The van der Waals surface area contributed by atoms with Gasteiger partial charge in [-0.25, -0.2) is 4.79 Å². The molecule has 200 valence electrons. The zero-order valence-corrected chi connectivity index (χ0v) is 23.2. The number of fused-ring (bicyclic) bond motifs is 1. The summed E-state index contributed by atoms with van der Waals surface area (Å²) in [7, 11) is 3.06. The molecule has 8 nitrogen and oxygen atoms in total. The quantitative estimate of drug-likeness (QED) is 0.354. The van der Waals surface area contributed by atoms with Crippen molar-refractivity contribution in [3.63, 3.8) is 0 Å². The minimum absolute atomic E-state index is 0.0206. The van der Waals surface area contributed by atoms with Crippen LogP contribution in [0.3, 0.4) is 0 Å². The fraction of sp³-hybridized carbons (Fsp3) is 0.414. The van der Waals surface area contributed by atoms with Crippen molar-refractivity contribution in [2.24, 2.45) is 0 Å². The highest BCUT2D eigenvalue weighted by molar-refractivity contribution is 6.15. The third-order valence-corrected chi connectivity index (χ3v) is 4.98. The largest absolute Gasteiger partial charge is 0.493 e. The molecule has 37 heavy (non-hydrogen) atoms. The molecule has 1 N–H and O–H groups in total. The molecular formula is C29H38N2O6. The number of ketones is 1. The van der Waals surface area contributed by atoms with Crippen molar-refractivity contribution in [1.29, 1.82) is 0 Å². The van der Waals surface area contributed by atoms with Crippen LogP contribution in [0.1, 0.15) is 70.1 Å². The minimum atomic E-state index is -0.620. The van der Waals surface area contributed by atoms with Crippen LogP contribution in [-0.2, 0) is 11.3 Å². The smallest absolute Gasteiger partial charge is 0.407 e. The molecule has 0 saturated heterocycles. The van der Waals surface area contributed by atoms with Crippen LogP contribution in [0.2, 0.25) is 0 Å². The highest BCUT2D eigenvalue weighted by Crippen LogP contribution is 2.35. The Kier molecular flexibility index (Phi) is 10.3. The molecule has 2 aromatic carbocycles. The van der Waals surface area contributed by atoms with Gasteiger partial charge in [0.1, 0.15) is 17.0 Å². The molecule has 1 heterocycles. The normalized spacial score (nSPS) is 10.9. The molecule has 0 aliphatic rings. The Balaban J connectivity index is 0.00000235. The lowest BCUT2D eigenvalue weighted by Crippen LogP contribution is -2.32. The molecule has 0 saturated carbocycles. The number of aromatic nitrogens is 1. The van der Waals surface area contributed by atoms with Gasteiger partial charge in [0.05, 0.1) is 20.3 Å². The van der Waals surface area contributed by atoms with E-state index in [1.165, 1.54) is 14.2 Å². The van der Waals surface area contributed by atoms with Gasteiger partial charge in [-0.15, -0.1) is 0 Å². The second-order valence-corrected chi connectivity index (χ2v) is 9.26. The molecule has 0 unspecified atom stereocenters. The molecule has 0 atom stereocenters. The van der Waals surface area contributed by atoms with Gasteiger partial charge in [-0.3, -0.25) is 9.78 Å². The third kappa shape index (κ3) is 7.84. The number of amides is 1. The number of alkyl carbamates (subject to hydrolysis) is 1. The zero-order chi connectivity index (χ0) is 27.8.